The SMILES string of the molecule is [2H]c1c([2H])c([2H])c(-c2nc(-c3ccccc3-n3c4c([2H])c([2H])c([2H])c([2H])c4c4c([2H])c([2H])c([N+]#[C-])c([2H])c43)nc(-c3c([2H])c([2H])c([2H])c([2H])c3[2H])n2)c([2H])c1[2H]. The van der Waals surface area contributed by atoms with E-state index in [1.54, 1.807) is 0 Å². The summed E-state index contributed by atoms with van der Waals surface area (Å²) in [6.07, 6.45) is 0. The molecular formula is C34H21N5. The third-order valence-electron chi connectivity index (χ3n) is 5.72. The maximum atomic E-state index is 9.04. The summed E-state index contributed by atoms with van der Waals surface area (Å²) in [5.74, 6) is -1.50. The lowest BCUT2D eigenvalue weighted by Gasteiger charge is -2.14. The normalized spacial score (nSPS) is 17.2. The van der Waals surface area contributed by atoms with Crippen LogP contribution in [-0.4, -0.2) is 19.5 Å². The van der Waals surface area contributed by atoms with Crippen molar-refractivity contribution in [3.8, 4) is 39.9 Å². The highest BCUT2D eigenvalue weighted by atomic mass is 15.1. The second-order valence-electron chi connectivity index (χ2n) is 7.94. The minimum Gasteiger partial charge on any atom is -0.310 e. The second-order valence-corrected chi connectivity index (χ2v) is 7.94. The van der Waals surface area contributed by atoms with Gasteiger partial charge in [-0.05, 0) is 24.2 Å². The van der Waals surface area contributed by atoms with Crippen molar-refractivity contribution in [3.63, 3.8) is 0 Å². The van der Waals surface area contributed by atoms with Gasteiger partial charge in [-0.1, -0.05) is 103 Å². The standard InChI is InChI=1S/C34H21N5/c1-35-25-20-21-27-26-16-8-10-18-29(26)39(31(27)22-25)30-19-11-9-17-28(30)34-37-32(23-12-4-2-5-13-23)36-33(38-34)24-14-6-3-7-15-24/h2-22H/i2D,3D,4D,5D,6D,7D,8D,10D,12D,13D,14D,15D,16D,18D,20D,21D,22D. The van der Waals surface area contributed by atoms with E-state index in [1.165, 1.54) is 28.8 Å². The monoisotopic (exact) mass is 516 g/mol. The van der Waals surface area contributed by atoms with Crippen LogP contribution in [-0.2, 0) is 0 Å². The van der Waals surface area contributed by atoms with Gasteiger partial charge < -0.3 is 4.57 Å². The topological polar surface area (TPSA) is 48.0 Å². The van der Waals surface area contributed by atoms with Crippen molar-refractivity contribution in [2.24, 2.45) is 0 Å². The molecule has 0 atom stereocenters. The summed E-state index contributed by atoms with van der Waals surface area (Å²) in [4.78, 5) is 16.5. The summed E-state index contributed by atoms with van der Waals surface area (Å²) < 4.78 is 146. The Morgan fingerprint density at radius 3 is 1.90 bits per heavy atom. The molecule has 5 aromatic carbocycles. The number of para-hydroxylation sites is 2. The number of hydrogen-bond acceptors (Lipinski definition) is 3. The van der Waals surface area contributed by atoms with Gasteiger partial charge in [-0.15, -0.1) is 0 Å². The van der Waals surface area contributed by atoms with Crippen molar-refractivity contribution < 1.29 is 23.3 Å². The summed E-state index contributed by atoms with van der Waals surface area (Å²) >= 11 is 0. The quantitative estimate of drug-likeness (QED) is 0.220. The Morgan fingerprint density at radius 2 is 1.21 bits per heavy atom. The first-order chi connectivity index (χ1) is 26.4. The van der Waals surface area contributed by atoms with Crippen LogP contribution in [0.2, 0.25) is 0 Å². The Labute approximate surface area is 249 Å². The van der Waals surface area contributed by atoms with E-state index in [2.05, 4.69) is 19.8 Å². The molecule has 0 aliphatic heterocycles. The lowest BCUT2D eigenvalue weighted by Crippen LogP contribution is -2.03. The molecule has 0 fully saturated rings. The molecule has 39 heavy (non-hydrogen) atoms. The maximum absolute atomic E-state index is 9.04. The molecule has 7 rings (SSSR count). The van der Waals surface area contributed by atoms with Gasteiger partial charge in [0.05, 0.1) is 39.7 Å². The zero-order valence-corrected chi connectivity index (χ0v) is 19.5. The molecule has 0 aliphatic rings. The average molecular weight is 517 g/mol. The molecule has 2 heterocycles. The van der Waals surface area contributed by atoms with E-state index in [1.807, 2.05) is 0 Å². The van der Waals surface area contributed by atoms with Gasteiger partial charge in [0.2, 0.25) is 0 Å². The van der Waals surface area contributed by atoms with Crippen LogP contribution in [0.3, 0.4) is 0 Å². The fraction of sp³-hybridized carbons (Fsp3) is 0. The number of rotatable bonds is 4. The van der Waals surface area contributed by atoms with Crippen molar-refractivity contribution in [3.05, 3.63) is 138 Å². The van der Waals surface area contributed by atoms with Crippen LogP contribution in [0.5, 0.6) is 0 Å². The summed E-state index contributed by atoms with van der Waals surface area (Å²) in [6, 6.07) is -5.79. The number of fused-ring (bicyclic) bond motifs is 3. The van der Waals surface area contributed by atoms with E-state index in [-0.39, 0.29) is 38.9 Å². The molecule has 0 unspecified atom stereocenters. The highest BCUT2D eigenvalue weighted by Crippen LogP contribution is 2.37. The van der Waals surface area contributed by atoms with Crippen LogP contribution in [0, 0.1) is 6.57 Å². The molecule has 0 spiro atoms. The lowest BCUT2D eigenvalue weighted by molar-refractivity contribution is 1.06. The molecule has 0 aliphatic carbocycles. The number of nitrogens with zero attached hydrogens (tertiary/aromatic N) is 5. The molecule has 7 aromatic rings. The van der Waals surface area contributed by atoms with Crippen LogP contribution in [0.25, 0.3) is 66.5 Å². The van der Waals surface area contributed by atoms with Crippen molar-refractivity contribution in [2.75, 3.05) is 0 Å². The number of benzene rings is 5. The van der Waals surface area contributed by atoms with Gasteiger partial charge in [0, 0.05) is 34.4 Å². The summed E-state index contributed by atoms with van der Waals surface area (Å²) in [7, 11) is 0. The van der Waals surface area contributed by atoms with E-state index >= 15 is 0 Å². The zero-order valence-electron chi connectivity index (χ0n) is 36.5. The van der Waals surface area contributed by atoms with Crippen molar-refractivity contribution in [1.29, 1.82) is 0 Å². The van der Waals surface area contributed by atoms with Crippen molar-refractivity contribution in [2.45, 2.75) is 0 Å². The third kappa shape index (κ3) is 3.92. The maximum Gasteiger partial charge on any atom is 0.189 e. The smallest absolute Gasteiger partial charge is 0.189 e. The summed E-state index contributed by atoms with van der Waals surface area (Å²) in [5.41, 5.74) is -2.11. The highest BCUT2D eigenvalue weighted by molar-refractivity contribution is 6.10. The minimum atomic E-state index is -0.745. The molecule has 2 aromatic heterocycles. The molecule has 0 saturated heterocycles. The van der Waals surface area contributed by atoms with Crippen LogP contribution in [0.15, 0.2) is 127 Å². The van der Waals surface area contributed by atoms with Gasteiger partial charge in [-0.25, -0.2) is 19.8 Å². The zero-order chi connectivity index (χ0) is 41.0. The van der Waals surface area contributed by atoms with Gasteiger partial charge in [0.1, 0.15) is 0 Å². The van der Waals surface area contributed by atoms with Crippen molar-refractivity contribution >= 4 is 27.5 Å². The Morgan fingerprint density at radius 1 is 0.615 bits per heavy atom. The lowest BCUT2D eigenvalue weighted by atomic mass is 10.1. The molecule has 5 nitrogen and oxygen atoms in total. The van der Waals surface area contributed by atoms with Crippen LogP contribution >= 0.6 is 0 Å². The van der Waals surface area contributed by atoms with E-state index in [4.69, 9.17) is 29.9 Å². The Balaban J connectivity index is 1.70. The van der Waals surface area contributed by atoms with E-state index in [0.29, 0.717) is 0 Å². The molecule has 0 saturated carbocycles. The van der Waals surface area contributed by atoms with E-state index < -0.39 is 131 Å². The first-order valence-corrected chi connectivity index (χ1v) is 11.3. The number of aromatic nitrogens is 4. The van der Waals surface area contributed by atoms with Gasteiger partial charge >= 0.3 is 0 Å². The van der Waals surface area contributed by atoms with Crippen LogP contribution in [0.1, 0.15) is 23.3 Å². The van der Waals surface area contributed by atoms with Gasteiger partial charge in [-0.3, -0.25) is 0 Å². The molecular weight excluding hydrogens is 478 g/mol. The van der Waals surface area contributed by atoms with E-state index in [9.17, 15) is 0 Å². The van der Waals surface area contributed by atoms with Crippen LogP contribution in [0.4, 0.5) is 5.69 Å². The Hall–Kier alpha value is -5.60. The molecule has 5 heteroatoms. The fourth-order valence-corrected chi connectivity index (χ4v) is 4.10. The van der Waals surface area contributed by atoms with Crippen LogP contribution < -0.4 is 0 Å². The number of hydrogen-bond donors (Lipinski definition) is 0. The highest BCUT2D eigenvalue weighted by Gasteiger charge is 2.19. The Kier molecular flexibility index (Phi) is 2.65. The Bertz CT molecular complexity index is 2830. The summed E-state index contributed by atoms with van der Waals surface area (Å²) in [6.45, 7) is 7.70. The summed E-state index contributed by atoms with van der Waals surface area (Å²) in [5, 5.41) is -0.445. The first-order valence-electron chi connectivity index (χ1n) is 19.8. The molecule has 0 radical (unpaired) electrons. The molecule has 0 amide bonds. The fourth-order valence-electron chi connectivity index (χ4n) is 4.10. The molecule has 0 N–H and O–H groups in total. The second kappa shape index (κ2) is 9.37. The van der Waals surface area contributed by atoms with Gasteiger partial charge in [-0.2, -0.15) is 0 Å². The van der Waals surface area contributed by atoms with E-state index in [0.717, 1.165) is 0 Å². The largest absolute Gasteiger partial charge is 0.310 e. The third-order valence-corrected chi connectivity index (χ3v) is 5.72. The van der Waals surface area contributed by atoms with Crippen molar-refractivity contribution in [1.82, 2.24) is 19.5 Å². The molecule has 0 bridgehead atoms. The average Bonchev–Trinajstić information content (AvgIpc) is 3.55. The first kappa shape index (κ1) is 11.0. The van der Waals surface area contributed by atoms with Gasteiger partial charge in [0.25, 0.3) is 0 Å². The predicted octanol–water partition coefficient (Wildman–Crippen LogP) is 8.52. The molecule has 182 valence electrons. The van der Waals surface area contributed by atoms with Gasteiger partial charge in [0.15, 0.2) is 23.2 Å². The predicted molar refractivity (Wildman–Crippen MR) is 157 cm³/mol. The minimum absolute atomic E-state index is 0.0238.